The number of thiophene rings is 1. The first-order valence-corrected chi connectivity index (χ1v) is 8.55. The highest BCUT2D eigenvalue weighted by molar-refractivity contribution is 7.89. The second-order valence-electron chi connectivity index (χ2n) is 4.42. The van der Waals surface area contributed by atoms with Crippen LogP contribution in [0.1, 0.15) is 32.1 Å². The average molecular weight is 290 g/mol. The molecule has 18 heavy (non-hydrogen) atoms. The number of nitrogens with two attached hydrogens (primary N) is 1. The van der Waals surface area contributed by atoms with Crippen LogP contribution in [0.4, 0.5) is 0 Å². The number of hydrogen-bond donors (Lipinski definition) is 1. The Bertz CT molecular complexity index is 468. The van der Waals surface area contributed by atoms with E-state index in [0.29, 0.717) is 30.4 Å². The van der Waals surface area contributed by atoms with E-state index < -0.39 is 10.0 Å². The summed E-state index contributed by atoms with van der Waals surface area (Å²) in [6.07, 6.45) is 0.976. The Kier molecular flexibility index (Phi) is 5.78. The Morgan fingerprint density at radius 3 is 2.56 bits per heavy atom. The zero-order valence-electron chi connectivity index (χ0n) is 11.2. The minimum atomic E-state index is -3.36. The summed E-state index contributed by atoms with van der Waals surface area (Å²) >= 11 is 1.40. The number of rotatable bonds is 7. The first kappa shape index (κ1) is 15.6. The molecule has 6 heteroatoms. The molecular weight excluding hydrogens is 268 g/mol. The molecule has 2 N–H and O–H groups in total. The number of sulfonamides is 1. The van der Waals surface area contributed by atoms with Gasteiger partial charge in [-0.3, -0.25) is 0 Å². The van der Waals surface area contributed by atoms with Crippen LogP contribution in [-0.2, 0) is 16.6 Å². The monoisotopic (exact) mass is 290 g/mol. The van der Waals surface area contributed by atoms with Gasteiger partial charge >= 0.3 is 0 Å². The number of nitrogens with zero attached hydrogens (tertiary/aromatic N) is 1. The predicted molar refractivity (Wildman–Crippen MR) is 76.1 cm³/mol. The second kappa shape index (κ2) is 6.65. The van der Waals surface area contributed by atoms with Gasteiger partial charge < -0.3 is 5.73 Å². The molecule has 0 aliphatic rings. The summed E-state index contributed by atoms with van der Waals surface area (Å²) in [5.74, 6) is 0.368. The van der Waals surface area contributed by atoms with Crippen LogP contribution in [0.2, 0.25) is 0 Å². The van der Waals surface area contributed by atoms with Crippen LogP contribution in [0.5, 0.6) is 0 Å². The van der Waals surface area contributed by atoms with Crippen molar-refractivity contribution in [3.63, 3.8) is 0 Å². The van der Waals surface area contributed by atoms with Gasteiger partial charge in [0.25, 0.3) is 0 Å². The van der Waals surface area contributed by atoms with Gasteiger partial charge in [-0.25, -0.2) is 8.42 Å². The quantitative estimate of drug-likeness (QED) is 0.838. The van der Waals surface area contributed by atoms with Gasteiger partial charge in [-0.05, 0) is 12.0 Å². The zero-order valence-corrected chi connectivity index (χ0v) is 12.9. The fourth-order valence-corrected chi connectivity index (χ4v) is 4.34. The maximum absolute atomic E-state index is 12.4. The molecular formula is C12H22N2O2S2. The third kappa shape index (κ3) is 3.54. The molecule has 0 saturated heterocycles. The van der Waals surface area contributed by atoms with E-state index in [1.807, 2.05) is 6.92 Å². The van der Waals surface area contributed by atoms with E-state index in [1.54, 1.807) is 15.8 Å². The maximum atomic E-state index is 12.4. The molecule has 0 saturated carbocycles. The Morgan fingerprint density at radius 1 is 1.44 bits per heavy atom. The molecule has 104 valence electrons. The van der Waals surface area contributed by atoms with Gasteiger partial charge in [0.2, 0.25) is 10.0 Å². The Balaban J connectivity index is 2.95. The Hall–Kier alpha value is -0.430. The molecule has 1 aromatic heterocycles. The van der Waals surface area contributed by atoms with Crippen molar-refractivity contribution in [3.8, 4) is 0 Å². The lowest BCUT2D eigenvalue weighted by Crippen LogP contribution is -2.34. The van der Waals surface area contributed by atoms with E-state index in [4.69, 9.17) is 5.73 Å². The predicted octanol–water partition coefficient (Wildman–Crippen LogP) is 2.26. The lowest BCUT2D eigenvalue weighted by atomic mass is 10.1. The average Bonchev–Trinajstić information content (AvgIpc) is 2.84. The normalized spacial score (nSPS) is 14.1. The van der Waals surface area contributed by atoms with Crippen molar-refractivity contribution in [2.75, 3.05) is 13.1 Å². The standard InChI is InChI=1S/C12H22N2O2S2/c1-4-10(3)8-14(5-2)18(15,16)12-6-11(7-13)17-9-12/h6,9-10H,4-5,7-8,13H2,1-3H3. The largest absolute Gasteiger partial charge is 0.326 e. The van der Waals surface area contributed by atoms with E-state index in [2.05, 4.69) is 13.8 Å². The molecule has 1 rings (SSSR count). The van der Waals surface area contributed by atoms with Gasteiger partial charge in [-0.2, -0.15) is 4.31 Å². The van der Waals surface area contributed by atoms with Crippen LogP contribution < -0.4 is 5.73 Å². The van der Waals surface area contributed by atoms with Crippen molar-refractivity contribution in [2.45, 2.75) is 38.6 Å². The molecule has 0 aliphatic heterocycles. The van der Waals surface area contributed by atoms with E-state index in [-0.39, 0.29) is 0 Å². The van der Waals surface area contributed by atoms with Crippen LogP contribution in [0.15, 0.2) is 16.3 Å². The van der Waals surface area contributed by atoms with E-state index in [9.17, 15) is 8.42 Å². The van der Waals surface area contributed by atoms with Gasteiger partial charge in [-0.1, -0.05) is 27.2 Å². The molecule has 4 nitrogen and oxygen atoms in total. The summed E-state index contributed by atoms with van der Waals surface area (Å²) in [7, 11) is -3.36. The van der Waals surface area contributed by atoms with E-state index in [1.165, 1.54) is 11.3 Å². The molecule has 0 aromatic carbocycles. The van der Waals surface area contributed by atoms with Crippen LogP contribution in [0, 0.1) is 5.92 Å². The van der Waals surface area contributed by atoms with E-state index in [0.717, 1.165) is 11.3 Å². The summed E-state index contributed by atoms with van der Waals surface area (Å²) in [5.41, 5.74) is 5.52. The lowest BCUT2D eigenvalue weighted by molar-refractivity contribution is 0.361. The lowest BCUT2D eigenvalue weighted by Gasteiger charge is -2.22. The molecule has 0 spiro atoms. The van der Waals surface area contributed by atoms with Crippen molar-refractivity contribution in [2.24, 2.45) is 11.7 Å². The van der Waals surface area contributed by atoms with Crippen LogP contribution >= 0.6 is 11.3 Å². The first-order chi connectivity index (χ1) is 8.45. The van der Waals surface area contributed by atoms with Gasteiger partial charge in [0.1, 0.15) is 0 Å². The van der Waals surface area contributed by atoms with Crippen LogP contribution in [0.3, 0.4) is 0 Å². The second-order valence-corrected chi connectivity index (χ2v) is 7.36. The van der Waals surface area contributed by atoms with Crippen molar-refractivity contribution in [1.29, 1.82) is 0 Å². The smallest absolute Gasteiger partial charge is 0.243 e. The maximum Gasteiger partial charge on any atom is 0.243 e. The van der Waals surface area contributed by atoms with Gasteiger partial charge in [0, 0.05) is 29.9 Å². The van der Waals surface area contributed by atoms with Gasteiger partial charge in [0.15, 0.2) is 0 Å². The van der Waals surface area contributed by atoms with Crippen molar-refractivity contribution in [3.05, 3.63) is 16.3 Å². The molecule has 1 atom stereocenters. The van der Waals surface area contributed by atoms with Crippen LogP contribution in [0.25, 0.3) is 0 Å². The van der Waals surface area contributed by atoms with Crippen LogP contribution in [-0.4, -0.2) is 25.8 Å². The summed E-state index contributed by atoms with van der Waals surface area (Å²) in [6.45, 7) is 7.47. The number of hydrogen-bond acceptors (Lipinski definition) is 4. The van der Waals surface area contributed by atoms with Crippen molar-refractivity contribution < 1.29 is 8.42 Å². The molecule has 1 unspecified atom stereocenters. The van der Waals surface area contributed by atoms with Gasteiger partial charge in [-0.15, -0.1) is 11.3 Å². The molecule has 1 aromatic rings. The fraction of sp³-hybridized carbons (Fsp3) is 0.667. The van der Waals surface area contributed by atoms with Crippen molar-refractivity contribution in [1.82, 2.24) is 4.31 Å². The topological polar surface area (TPSA) is 63.4 Å². The molecule has 0 aliphatic carbocycles. The molecule has 0 radical (unpaired) electrons. The summed E-state index contributed by atoms with van der Waals surface area (Å²) in [5, 5.41) is 1.68. The zero-order chi connectivity index (χ0) is 13.8. The molecule has 0 bridgehead atoms. The Labute approximate surface area is 114 Å². The van der Waals surface area contributed by atoms with Crippen molar-refractivity contribution >= 4 is 21.4 Å². The molecule has 0 amide bonds. The third-order valence-electron chi connectivity index (χ3n) is 3.03. The summed E-state index contributed by atoms with van der Waals surface area (Å²) in [6, 6.07) is 1.68. The summed E-state index contributed by atoms with van der Waals surface area (Å²) < 4.78 is 26.4. The van der Waals surface area contributed by atoms with Gasteiger partial charge in [0.05, 0.1) is 4.90 Å². The van der Waals surface area contributed by atoms with E-state index >= 15 is 0 Å². The minimum Gasteiger partial charge on any atom is -0.326 e. The first-order valence-electron chi connectivity index (χ1n) is 6.23. The third-order valence-corrected chi connectivity index (χ3v) is 6.06. The molecule has 0 fully saturated rings. The SMILES string of the molecule is CCC(C)CN(CC)S(=O)(=O)c1csc(CN)c1. The highest BCUT2D eigenvalue weighted by Crippen LogP contribution is 2.23. The Morgan fingerprint density at radius 2 is 2.11 bits per heavy atom. The summed E-state index contributed by atoms with van der Waals surface area (Å²) in [4.78, 5) is 1.27. The highest BCUT2D eigenvalue weighted by atomic mass is 32.2. The molecule has 1 heterocycles. The minimum absolute atomic E-state index is 0.368. The fourth-order valence-electron chi connectivity index (χ4n) is 1.63. The highest BCUT2D eigenvalue weighted by Gasteiger charge is 2.25.